The molecule has 0 saturated carbocycles. The summed E-state index contributed by atoms with van der Waals surface area (Å²) in [6, 6.07) is 7.97. The van der Waals surface area contributed by atoms with Crippen LogP contribution in [0.1, 0.15) is 12.0 Å². The Hall–Kier alpha value is -1.07. The molecular weight excluding hydrogens is 284 g/mol. The number of cyclic esters (lactones) is 1. The van der Waals surface area contributed by atoms with Crippen molar-refractivity contribution >= 4 is 22.0 Å². The van der Waals surface area contributed by atoms with Crippen molar-refractivity contribution in [3.63, 3.8) is 0 Å². The van der Waals surface area contributed by atoms with Crippen LogP contribution >= 0.6 is 15.9 Å². The van der Waals surface area contributed by atoms with E-state index in [-0.39, 0.29) is 12.1 Å². The van der Waals surface area contributed by atoms with E-state index in [4.69, 9.17) is 10.5 Å². The minimum atomic E-state index is -0.251. The standard InChI is InChI=1S/C12H15BrN2O2/c13-11-4-2-1-3-9(11)7-15-10(5-6-14)8-17-12(15)16/h1-4,10H,5-8,14H2. The van der Waals surface area contributed by atoms with Gasteiger partial charge in [-0.05, 0) is 24.6 Å². The maximum Gasteiger partial charge on any atom is 0.410 e. The maximum atomic E-state index is 11.6. The predicted octanol–water partition coefficient (Wildman–Crippen LogP) is 2.12. The first-order chi connectivity index (χ1) is 8.22. The first-order valence-electron chi connectivity index (χ1n) is 5.59. The van der Waals surface area contributed by atoms with Gasteiger partial charge in [0, 0.05) is 4.47 Å². The summed E-state index contributed by atoms with van der Waals surface area (Å²) in [6.07, 6.45) is 0.523. The minimum Gasteiger partial charge on any atom is -0.447 e. The van der Waals surface area contributed by atoms with Gasteiger partial charge in [0.05, 0.1) is 12.6 Å². The van der Waals surface area contributed by atoms with E-state index in [1.165, 1.54) is 0 Å². The summed E-state index contributed by atoms with van der Waals surface area (Å²) in [6.45, 7) is 1.57. The Morgan fingerprint density at radius 2 is 2.24 bits per heavy atom. The zero-order valence-electron chi connectivity index (χ0n) is 9.43. The molecule has 1 aromatic carbocycles. The van der Waals surface area contributed by atoms with Crippen LogP contribution in [-0.2, 0) is 11.3 Å². The lowest BCUT2D eigenvalue weighted by Gasteiger charge is -2.21. The van der Waals surface area contributed by atoms with Gasteiger partial charge < -0.3 is 10.5 Å². The van der Waals surface area contributed by atoms with Gasteiger partial charge in [0.25, 0.3) is 0 Å². The molecule has 1 atom stereocenters. The number of rotatable bonds is 4. The predicted molar refractivity (Wildman–Crippen MR) is 68.5 cm³/mol. The molecule has 0 radical (unpaired) electrons. The molecule has 0 aromatic heterocycles. The zero-order valence-corrected chi connectivity index (χ0v) is 11.0. The Labute approximate surface area is 109 Å². The summed E-state index contributed by atoms with van der Waals surface area (Å²) >= 11 is 3.48. The SMILES string of the molecule is NCCC1COC(=O)N1Cc1ccccc1Br. The highest BCUT2D eigenvalue weighted by atomic mass is 79.9. The lowest BCUT2D eigenvalue weighted by Crippen LogP contribution is -2.34. The Bertz CT molecular complexity index is 411. The van der Waals surface area contributed by atoms with Gasteiger partial charge in [-0.2, -0.15) is 0 Å². The molecule has 1 aliphatic heterocycles. The number of nitrogens with two attached hydrogens (primary N) is 1. The number of hydrogen-bond acceptors (Lipinski definition) is 3. The Morgan fingerprint density at radius 3 is 2.94 bits per heavy atom. The van der Waals surface area contributed by atoms with E-state index in [1.807, 2.05) is 24.3 Å². The lowest BCUT2D eigenvalue weighted by atomic mass is 10.1. The quantitative estimate of drug-likeness (QED) is 0.926. The van der Waals surface area contributed by atoms with Crippen LogP contribution in [0.15, 0.2) is 28.7 Å². The second-order valence-electron chi connectivity index (χ2n) is 4.03. The molecule has 92 valence electrons. The van der Waals surface area contributed by atoms with Crippen LogP contribution in [0.25, 0.3) is 0 Å². The molecule has 0 aliphatic carbocycles. The number of carbonyl (C=O) groups is 1. The topological polar surface area (TPSA) is 55.6 Å². The van der Waals surface area contributed by atoms with Gasteiger partial charge in [-0.1, -0.05) is 34.1 Å². The number of halogens is 1. The van der Waals surface area contributed by atoms with Crippen molar-refractivity contribution in [3.8, 4) is 0 Å². The molecule has 0 bridgehead atoms. The summed E-state index contributed by atoms with van der Waals surface area (Å²) in [7, 11) is 0. The first-order valence-corrected chi connectivity index (χ1v) is 6.38. The number of amides is 1. The zero-order chi connectivity index (χ0) is 12.3. The summed E-state index contributed by atoms with van der Waals surface area (Å²) in [5, 5.41) is 0. The smallest absolute Gasteiger partial charge is 0.410 e. The van der Waals surface area contributed by atoms with Gasteiger partial charge in [-0.15, -0.1) is 0 Å². The third-order valence-electron chi connectivity index (χ3n) is 2.87. The molecule has 1 saturated heterocycles. The third-order valence-corrected chi connectivity index (χ3v) is 3.65. The van der Waals surface area contributed by atoms with E-state index in [1.54, 1.807) is 4.90 Å². The average Bonchev–Trinajstić information content (AvgIpc) is 2.65. The number of nitrogens with zero attached hydrogens (tertiary/aromatic N) is 1. The highest BCUT2D eigenvalue weighted by Crippen LogP contribution is 2.23. The molecule has 1 unspecified atom stereocenters. The molecule has 1 amide bonds. The molecular formula is C12H15BrN2O2. The fourth-order valence-electron chi connectivity index (χ4n) is 1.92. The largest absolute Gasteiger partial charge is 0.447 e. The van der Waals surface area contributed by atoms with Crippen LogP contribution in [0.3, 0.4) is 0 Å². The van der Waals surface area contributed by atoms with Gasteiger partial charge in [0.1, 0.15) is 6.61 Å². The Morgan fingerprint density at radius 1 is 1.47 bits per heavy atom. The number of benzene rings is 1. The third kappa shape index (κ3) is 2.79. The highest BCUT2D eigenvalue weighted by molar-refractivity contribution is 9.10. The molecule has 0 spiro atoms. The van der Waals surface area contributed by atoms with E-state index in [9.17, 15) is 4.79 Å². The van der Waals surface area contributed by atoms with E-state index in [0.717, 1.165) is 16.5 Å². The first kappa shape index (κ1) is 12.4. The van der Waals surface area contributed by atoms with Gasteiger partial charge >= 0.3 is 6.09 Å². The van der Waals surface area contributed by atoms with Crippen molar-refractivity contribution in [2.24, 2.45) is 5.73 Å². The van der Waals surface area contributed by atoms with E-state index >= 15 is 0 Å². The summed E-state index contributed by atoms with van der Waals surface area (Å²) in [5.41, 5.74) is 6.61. The molecule has 1 aliphatic rings. The monoisotopic (exact) mass is 298 g/mol. The van der Waals surface area contributed by atoms with Crippen LogP contribution in [-0.4, -0.2) is 30.2 Å². The van der Waals surface area contributed by atoms with Crippen molar-refractivity contribution in [1.82, 2.24) is 4.90 Å². The Balaban J connectivity index is 2.11. The number of hydrogen-bond donors (Lipinski definition) is 1. The van der Waals surface area contributed by atoms with Gasteiger partial charge in [0.2, 0.25) is 0 Å². The average molecular weight is 299 g/mol. The molecule has 1 fully saturated rings. The Kier molecular flexibility index (Phi) is 4.02. The van der Waals surface area contributed by atoms with Gasteiger partial charge in [-0.25, -0.2) is 4.79 Å². The molecule has 1 aromatic rings. The van der Waals surface area contributed by atoms with Crippen LogP contribution in [0.4, 0.5) is 4.79 Å². The molecule has 17 heavy (non-hydrogen) atoms. The summed E-state index contributed by atoms with van der Waals surface area (Å²) < 4.78 is 6.06. The van der Waals surface area contributed by atoms with Crippen LogP contribution < -0.4 is 5.73 Å². The number of carbonyl (C=O) groups excluding carboxylic acids is 1. The van der Waals surface area contributed by atoms with E-state index < -0.39 is 0 Å². The highest BCUT2D eigenvalue weighted by Gasteiger charge is 2.32. The van der Waals surface area contributed by atoms with Crippen molar-refractivity contribution in [2.45, 2.75) is 19.0 Å². The fraction of sp³-hybridized carbons (Fsp3) is 0.417. The lowest BCUT2D eigenvalue weighted by molar-refractivity contribution is 0.156. The normalized spacial score (nSPS) is 19.5. The summed E-state index contributed by atoms with van der Waals surface area (Å²) in [4.78, 5) is 13.4. The van der Waals surface area contributed by atoms with Crippen LogP contribution in [0.2, 0.25) is 0 Å². The molecule has 2 N–H and O–H groups in total. The second kappa shape index (κ2) is 5.51. The fourth-order valence-corrected chi connectivity index (χ4v) is 2.33. The van der Waals surface area contributed by atoms with E-state index in [0.29, 0.717) is 19.7 Å². The van der Waals surface area contributed by atoms with Crippen molar-refractivity contribution in [2.75, 3.05) is 13.2 Å². The molecule has 2 rings (SSSR count). The molecule has 5 heteroatoms. The number of ether oxygens (including phenoxy) is 1. The maximum absolute atomic E-state index is 11.6. The minimum absolute atomic E-state index is 0.0969. The van der Waals surface area contributed by atoms with Gasteiger partial charge in [0.15, 0.2) is 0 Å². The second-order valence-corrected chi connectivity index (χ2v) is 4.88. The molecule has 4 nitrogen and oxygen atoms in total. The van der Waals surface area contributed by atoms with Crippen molar-refractivity contribution in [3.05, 3.63) is 34.3 Å². The van der Waals surface area contributed by atoms with Crippen molar-refractivity contribution < 1.29 is 9.53 Å². The van der Waals surface area contributed by atoms with Crippen molar-refractivity contribution in [1.29, 1.82) is 0 Å². The van der Waals surface area contributed by atoms with E-state index in [2.05, 4.69) is 15.9 Å². The molecule has 1 heterocycles. The van der Waals surface area contributed by atoms with Crippen LogP contribution in [0.5, 0.6) is 0 Å². The van der Waals surface area contributed by atoms with Crippen LogP contribution in [0, 0.1) is 0 Å². The van der Waals surface area contributed by atoms with Gasteiger partial charge in [-0.3, -0.25) is 4.90 Å². The summed E-state index contributed by atoms with van der Waals surface area (Å²) in [5.74, 6) is 0.